The number of halogens is 1. The van der Waals surface area contributed by atoms with Gasteiger partial charge in [-0.1, -0.05) is 55.7 Å². The van der Waals surface area contributed by atoms with Gasteiger partial charge in [0, 0.05) is 13.1 Å². The van der Waals surface area contributed by atoms with Crippen molar-refractivity contribution < 1.29 is 12.8 Å². The molecule has 0 unspecified atom stereocenters. The first-order valence-corrected chi connectivity index (χ1v) is 10.7. The van der Waals surface area contributed by atoms with Crippen molar-refractivity contribution in [3.05, 3.63) is 65.5 Å². The molecule has 0 bridgehead atoms. The van der Waals surface area contributed by atoms with E-state index in [1.165, 1.54) is 18.6 Å². The average molecular weight is 376 g/mol. The molecule has 26 heavy (non-hydrogen) atoms. The lowest BCUT2D eigenvalue weighted by molar-refractivity contribution is 0.275. The van der Waals surface area contributed by atoms with Gasteiger partial charge in [-0.15, -0.1) is 0 Å². The summed E-state index contributed by atoms with van der Waals surface area (Å²) in [6.45, 7) is 2.52. The van der Waals surface area contributed by atoms with Gasteiger partial charge in [0.15, 0.2) is 0 Å². The molecule has 1 aliphatic carbocycles. The Labute approximate surface area is 155 Å². The van der Waals surface area contributed by atoms with Crippen LogP contribution in [0.4, 0.5) is 4.39 Å². The normalized spacial score (nSPS) is 16.1. The van der Waals surface area contributed by atoms with Crippen LogP contribution in [0.5, 0.6) is 0 Å². The van der Waals surface area contributed by atoms with E-state index in [9.17, 15) is 12.8 Å². The molecule has 0 aromatic heterocycles. The number of benzene rings is 2. The monoisotopic (exact) mass is 375 g/mol. The van der Waals surface area contributed by atoms with Crippen molar-refractivity contribution >= 4 is 10.0 Å². The number of hydrogen-bond acceptors (Lipinski definition) is 2. The SMILES string of the molecule is Cc1ccc(F)cc1S(=O)(=O)N(Cc1ccccc1)CC1CCCCC1. The lowest BCUT2D eigenvalue weighted by Gasteiger charge is -2.29. The van der Waals surface area contributed by atoms with Crippen LogP contribution in [0.15, 0.2) is 53.4 Å². The van der Waals surface area contributed by atoms with Crippen molar-refractivity contribution in [2.45, 2.75) is 50.5 Å². The van der Waals surface area contributed by atoms with Crippen LogP contribution in [0.3, 0.4) is 0 Å². The number of nitrogens with zero attached hydrogens (tertiary/aromatic N) is 1. The fraction of sp³-hybridized carbons (Fsp3) is 0.429. The molecule has 0 spiro atoms. The highest BCUT2D eigenvalue weighted by atomic mass is 32.2. The Morgan fingerprint density at radius 3 is 2.42 bits per heavy atom. The van der Waals surface area contributed by atoms with E-state index in [1.807, 2.05) is 30.3 Å². The molecule has 0 amide bonds. The summed E-state index contributed by atoms with van der Waals surface area (Å²) in [5.41, 5.74) is 1.52. The largest absolute Gasteiger partial charge is 0.243 e. The maximum absolute atomic E-state index is 13.7. The van der Waals surface area contributed by atoms with Gasteiger partial charge in [-0.2, -0.15) is 4.31 Å². The quantitative estimate of drug-likeness (QED) is 0.720. The predicted molar refractivity (Wildman–Crippen MR) is 102 cm³/mol. The molecule has 1 saturated carbocycles. The van der Waals surface area contributed by atoms with Gasteiger partial charge < -0.3 is 0 Å². The van der Waals surface area contributed by atoms with Crippen LogP contribution in [-0.4, -0.2) is 19.3 Å². The van der Waals surface area contributed by atoms with Gasteiger partial charge >= 0.3 is 0 Å². The molecule has 0 N–H and O–H groups in total. The number of rotatable bonds is 6. The van der Waals surface area contributed by atoms with E-state index >= 15 is 0 Å². The third-order valence-electron chi connectivity index (χ3n) is 5.16. The molecule has 0 heterocycles. The summed E-state index contributed by atoms with van der Waals surface area (Å²) in [5, 5.41) is 0. The van der Waals surface area contributed by atoms with Crippen LogP contribution in [0.25, 0.3) is 0 Å². The van der Waals surface area contributed by atoms with E-state index in [-0.39, 0.29) is 4.90 Å². The maximum Gasteiger partial charge on any atom is 0.243 e. The zero-order chi connectivity index (χ0) is 18.6. The topological polar surface area (TPSA) is 37.4 Å². The summed E-state index contributed by atoms with van der Waals surface area (Å²) in [5.74, 6) is -0.150. The highest BCUT2D eigenvalue weighted by Gasteiger charge is 2.29. The highest BCUT2D eigenvalue weighted by molar-refractivity contribution is 7.89. The molecule has 2 aromatic rings. The third-order valence-corrected chi connectivity index (χ3v) is 7.11. The average Bonchev–Trinajstić information content (AvgIpc) is 2.65. The second-order valence-corrected chi connectivity index (χ2v) is 9.10. The highest BCUT2D eigenvalue weighted by Crippen LogP contribution is 2.29. The first-order valence-electron chi connectivity index (χ1n) is 9.27. The fourth-order valence-electron chi connectivity index (χ4n) is 3.68. The van der Waals surface area contributed by atoms with Crippen LogP contribution in [-0.2, 0) is 16.6 Å². The van der Waals surface area contributed by atoms with Crippen LogP contribution in [0.2, 0.25) is 0 Å². The van der Waals surface area contributed by atoms with Gasteiger partial charge in [0.1, 0.15) is 5.82 Å². The Morgan fingerprint density at radius 1 is 1.04 bits per heavy atom. The molecule has 0 aliphatic heterocycles. The minimum absolute atomic E-state index is 0.0734. The summed E-state index contributed by atoms with van der Waals surface area (Å²) < 4.78 is 42.0. The predicted octanol–water partition coefficient (Wildman–Crippen LogP) is 4.91. The Hall–Kier alpha value is -1.72. The van der Waals surface area contributed by atoms with E-state index in [0.29, 0.717) is 24.6 Å². The molecular formula is C21H26FNO2S. The van der Waals surface area contributed by atoms with E-state index in [1.54, 1.807) is 11.2 Å². The fourth-order valence-corrected chi connectivity index (χ4v) is 5.42. The Morgan fingerprint density at radius 2 is 1.73 bits per heavy atom. The van der Waals surface area contributed by atoms with Crippen LogP contribution in [0.1, 0.15) is 43.2 Å². The summed E-state index contributed by atoms with van der Waals surface area (Å²) in [6.07, 6.45) is 5.66. The smallest absolute Gasteiger partial charge is 0.207 e. The van der Waals surface area contributed by atoms with Crippen molar-refractivity contribution in [2.24, 2.45) is 5.92 Å². The van der Waals surface area contributed by atoms with Crippen molar-refractivity contribution in [3.63, 3.8) is 0 Å². The van der Waals surface area contributed by atoms with Crippen molar-refractivity contribution in [1.29, 1.82) is 0 Å². The lowest BCUT2D eigenvalue weighted by Crippen LogP contribution is -2.36. The van der Waals surface area contributed by atoms with E-state index < -0.39 is 15.8 Å². The molecule has 1 aliphatic rings. The van der Waals surface area contributed by atoms with Crippen LogP contribution in [0, 0.1) is 18.7 Å². The molecule has 1 fully saturated rings. The molecule has 5 heteroatoms. The van der Waals surface area contributed by atoms with Gasteiger partial charge in [-0.3, -0.25) is 0 Å². The summed E-state index contributed by atoms with van der Waals surface area (Å²) in [7, 11) is -3.76. The number of hydrogen-bond donors (Lipinski definition) is 0. The molecule has 3 rings (SSSR count). The first kappa shape index (κ1) is 19.1. The summed E-state index contributed by atoms with van der Waals surface area (Å²) in [4.78, 5) is 0.0734. The molecule has 0 radical (unpaired) electrons. The molecule has 140 valence electrons. The van der Waals surface area contributed by atoms with Gasteiger partial charge in [-0.05, 0) is 48.9 Å². The second-order valence-electron chi connectivity index (χ2n) is 7.20. The molecule has 3 nitrogen and oxygen atoms in total. The molecule has 2 aromatic carbocycles. The Kier molecular flexibility index (Phi) is 6.09. The van der Waals surface area contributed by atoms with Gasteiger partial charge in [0.25, 0.3) is 0 Å². The van der Waals surface area contributed by atoms with Gasteiger partial charge in [0.2, 0.25) is 10.0 Å². The van der Waals surface area contributed by atoms with Gasteiger partial charge in [-0.25, -0.2) is 12.8 Å². The molecule has 0 saturated heterocycles. The molecular weight excluding hydrogens is 349 g/mol. The minimum Gasteiger partial charge on any atom is -0.207 e. The number of aryl methyl sites for hydroxylation is 1. The second kappa shape index (κ2) is 8.31. The summed E-state index contributed by atoms with van der Waals surface area (Å²) in [6, 6.07) is 13.6. The first-order chi connectivity index (χ1) is 12.5. The van der Waals surface area contributed by atoms with E-state index in [2.05, 4.69) is 0 Å². The maximum atomic E-state index is 13.7. The van der Waals surface area contributed by atoms with Crippen molar-refractivity contribution in [2.75, 3.05) is 6.54 Å². The molecule has 0 atom stereocenters. The summed E-state index contributed by atoms with van der Waals surface area (Å²) >= 11 is 0. The zero-order valence-corrected chi connectivity index (χ0v) is 16.0. The Balaban J connectivity index is 1.93. The standard InChI is InChI=1S/C21H26FNO2S/c1-17-12-13-20(22)14-21(17)26(24,25)23(15-18-8-4-2-5-9-18)16-19-10-6-3-7-11-19/h2,4-5,8-9,12-14,19H,3,6-7,10-11,15-16H2,1H3. The van der Waals surface area contributed by atoms with E-state index in [4.69, 9.17) is 0 Å². The van der Waals surface area contributed by atoms with Crippen LogP contribution < -0.4 is 0 Å². The lowest BCUT2D eigenvalue weighted by atomic mass is 9.89. The third kappa shape index (κ3) is 4.51. The van der Waals surface area contributed by atoms with Crippen molar-refractivity contribution in [3.8, 4) is 0 Å². The van der Waals surface area contributed by atoms with Crippen molar-refractivity contribution in [1.82, 2.24) is 4.31 Å². The van der Waals surface area contributed by atoms with E-state index in [0.717, 1.165) is 37.3 Å². The Bertz CT molecular complexity index is 830. The minimum atomic E-state index is -3.76. The zero-order valence-electron chi connectivity index (χ0n) is 15.2. The van der Waals surface area contributed by atoms with Gasteiger partial charge in [0.05, 0.1) is 4.90 Å². The van der Waals surface area contributed by atoms with Crippen LogP contribution >= 0.6 is 0 Å². The number of sulfonamides is 1.